The molecule has 0 radical (unpaired) electrons. The maximum absolute atomic E-state index is 13.9. The molecule has 11 heteroatoms. The molecule has 1 heterocycles. The number of benzene rings is 2. The number of halogens is 4. The van der Waals surface area contributed by atoms with Gasteiger partial charge in [-0.2, -0.15) is 13.2 Å². The van der Waals surface area contributed by atoms with Crippen LogP contribution in [0.15, 0.2) is 48.5 Å². The molecular weight excluding hydrogens is 415 g/mol. The van der Waals surface area contributed by atoms with Crippen LogP contribution in [0.4, 0.5) is 23.7 Å². The van der Waals surface area contributed by atoms with Crippen molar-refractivity contribution in [3.8, 4) is 5.75 Å². The lowest BCUT2D eigenvalue weighted by Crippen LogP contribution is -2.69. The van der Waals surface area contributed by atoms with Crippen LogP contribution in [0.1, 0.15) is 10.4 Å². The Morgan fingerprint density at radius 2 is 1.86 bits per heavy atom. The molecule has 0 unspecified atom stereocenters. The van der Waals surface area contributed by atoms with Crippen LogP contribution >= 0.6 is 11.6 Å². The molecule has 1 atom stereocenters. The van der Waals surface area contributed by atoms with E-state index in [9.17, 15) is 27.6 Å². The van der Waals surface area contributed by atoms with Gasteiger partial charge in [0.15, 0.2) is 0 Å². The van der Waals surface area contributed by atoms with Gasteiger partial charge in [0.05, 0.1) is 12.8 Å². The largest absolute Gasteiger partial charge is 0.497 e. The standard InChI is InChI=1S/C18H13ClF3N3O4/c1-29-13-7-3-6-12(9-13)25-15(27)17(18(20,21)22,24-16(25)28)23-14(26)10-4-2-5-11(19)8-10/h2-9H,1H3,(H,23,26)(H,24,28)/t17-/m1/s1. The summed E-state index contributed by atoms with van der Waals surface area (Å²) < 4.78 is 46.7. The van der Waals surface area contributed by atoms with Gasteiger partial charge >= 0.3 is 12.2 Å². The van der Waals surface area contributed by atoms with Crippen molar-refractivity contribution in [3.05, 3.63) is 59.1 Å². The first kappa shape index (κ1) is 20.5. The molecule has 0 aromatic heterocycles. The van der Waals surface area contributed by atoms with Crippen LogP contribution in [-0.2, 0) is 4.79 Å². The Hall–Kier alpha value is -3.27. The fourth-order valence-electron chi connectivity index (χ4n) is 2.73. The molecule has 0 bridgehead atoms. The van der Waals surface area contributed by atoms with E-state index in [-0.39, 0.29) is 26.9 Å². The number of hydrogen-bond donors (Lipinski definition) is 2. The molecule has 3 rings (SSSR count). The predicted octanol–water partition coefficient (Wildman–Crippen LogP) is 3.09. The van der Waals surface area contributed by atoms with Crippen molar-refractivity contribution in [1.82, 2.24) is 10.6 Å². The van der Waals surface area contributed by atoms with Gasteiger partial charge in [-0.3, -0.25) is 14.9 Å². The summed E-state index contributed by atoms with van der Waals surface area (Å²) in [6, 6.07) is 9.11. The van der Waals surface area contributed by atoms with E-state index in [0.29, 0.717) is 0 Å². The number of nitrogens with one attached hydrogen (secondary N) is 2. The zero-order valence-corrected chi connectivity index (χ0v) is 15.5. The van der Waals surface area contributed by atoms with E-state index in [4.69, 9.17) is 16.3 Å². The van der Waals surface area contributed by atoms with Crippen molar-refractivity contribution >= 4 is 35.1 Å². The number of anilines is 1. The van der Waals surface area contributed by atoms with E-state index in [2.05, 4.69) is 0 Å². The average molecular weight is 428 g/mol. The van der Waals surface area contributed by atoms with Gasteiger partial charge in [-0.15, -0.1) is 0 Å². The lowest BCUT2D eigenvalue weighted by molar-refractivity contribution is -0.197. The van der Waals surface area contributed by atoms with Gasteiger partial charge in [-0.1, -0.05) is 23.7 Å². The highest BCUT2D eigenvalue weighted by Gasteiger charge is 2.69. The minimum absolute atomic E-state index is 0.110. The van der Waals surface area contributed by atoms with Crippen molar-refractivity contribution in [3.63, 3.8) is 0 Å². The SMILES string of the molecule is COc1cccc(N2C(=O)N[C@@](NC(=O)c3cccc(Cl)c3)(C(F)(F)F)C2=O)c1. The number of alkyl halides is 3. The molecule has 2 aromatic carbocycles. The Balaban J connectivity index is 2.01. The highest BCUT2D eigenvalue weighted by atomic mass is 35.5. The van der Waals surface area contributed by atoms with E-state index >= 15 is 0 Å². The molecule has 2 N–H and O–H groups in total. The van der Waals surface area contributed by atoms with Gasteiger partial charge in [0.1, 0.15) is 5.75 Å². The molecule has 0 saturated carbocycles. The van der Waals surface area contributed by atoms with Gasteiger partial charge in [0.25, 0.3) is 17.5 Å². The van der Waals surface area contributed by atoms with Crippen molar-refractivity contribution in [2.24, 2.45) is 0 Å². The molecule has 152 valence electrons. The highest BCUT2D eigenvalue weighted by Crippen LogP contribution is 2.36. The molecule has 1 aliphatic rings. The summed E-state index contributed by atoms with van der Waals surface area (Å²) in [4.78, 5) is 37.7. The number of rotatable bonds is 4. The number of ether oxygens (including phenoxy) is 1. The van der Waals surface area contributed by atoms with Gasteiger partial charge < -0.3 is 10.1 Å². The topological polar surface area (TPSA) is 87.7 Å². The van der Waals surface area contributed by atoms with E-state index in [0.717, 1.165) is 6.07 Å². The van der Waals surface area contributed by atoms with Crippen molar-refractivity contribution in [2.75, 3.05) is 12.0 Å². The van der Waals surface area contributed by atoms with Crippen LogP contribution in [0, 0.1) is 0 Å². The van der Waals surface area contributed by atoms with Crippen LogP contribution in [0.3, 0.4) is 0 Å². The number of imide groups is 1. The molecule has 0 aliphatic carbocycles. The highest BCUT2D eigenvalue weighted by molar-refractivity contribution is 6.31. The number of carbonyl (C=O) groups is 3. The number of methoxy groups -OCH3 is 1. The number of carbonyl (C=O) groups excluding carboxylic acids is 3. The molecule has 2 aromatic rings. The lowest BCUT2D eigenvalue weighted by atomic mass is 10.1. The average Bonchev–Trinajstić information content (AvgIpc) is 2.92. The maximum Gasteiger partial charge on any atom is 0.440 e. The number of urea groups is 1. The molecule has 1 aliphatic heterocycles. The second-order valence-electron chi connectivity index (χ2n) is 5.98. The third-order valence-corrected chi connectivity index (χ3v) is 4.38. The summed E-state index contributed by atoms with van der Waals surface area (Å²) in [6.45, 7) is 0. The van der Waals surface area contributed by atoms with E-state index in [1.807, 2.05) is 0 Å². The summed E-state index contributed by atoms with van der Waals surface area (Å²) in [6.07, 6.45) is -5.33. The first-order chi connectivity index (χ1) is 13.6. The smallest absolute Gasteiger partial charge is 0.440 e. The van der Waals surface area contributed by atoms with E-state index in [1.165, 1.54) is 49.6 Å². The zero-order chi connectivity index (χ0) is 21.4. The normalized spacial score (nSPS) is 19.1. The quantitative estimate of drug-likeness (QED) is 0.734. The van der Waals surface area contributed by atoms with Crippen LogP contribution in [-0.4, -0.2) is 36.8 Å². The summed E-state index contributed by atoms with van der Waals surface area (Å²) in [5.74, 6) is -2.74. The Morgan fingerprint density at radius 3 is 2.48 bits per heavy atom. The van der Waals surface area contributed by atoms with Crippen molar-refractivity contribution in [1.29, 1.82) is 0 Å². The van der Waals surface area contributed by atoms with E-state index < -0.39 is 29.7 Å². The second kappa shape index (κ2) is 7.28. The monoisotopic (exact) mass is 427 g/mol. The van der Waals surface area contributed by atoms with Gasteiger partial charge in [-0.25, -0.2) is 9.69 Å². The summed E-state index contributed by atoms with van der Waals surface area (Å²) in [5.41, 5.74) is -4.02. The summed E-state index contributed by atoms with van der Waals surface area (Å²) >= 11 is 5.75. The molecule has 4 amide bonds. The molecule has 1 saturated heterocycles. The molecule has 1 fully saturated rings. The Morgan fingerprint density at radius 1 is 1.17 bits per heavy atom. The van der Waals surface area contributed by atoms with Gasteiger partial charge in [0.2, 0.25) is 0 Å². The fourth-order valence-corrected chi connectivity index (χ4v) is 2.92. The third kappa shape index (κ3) is 3.58. The minimum atomic E-state index is -5.33. The molecular formula is C18H13ClF3N3O4. The lowest BCUT2D eigenvalue weighted by Gasteiger charge is -2.29. The zero-order valence-electron chi connectivity index (χ0n) is 14.7. The second-order valence-corrected chi connectivity index (χ2v) is 6.42. The Labute approximate surface area is 167 Å². The van der Waals surface area contributed by atoms with E-state index in [1.54, 1.807) is 10.6 Å². The summed E-state index contributed by atoms with van der Waals surface area (Å²) in [7, 11) is 1.32. The molecule has 29 heavy (non-hydrogen) atoms. The minimum Gasteiger partial charge on any atom is -0.497 e. The Kier molecular flexibility index (Phi) is 5.14. The number of amides is 4. The first-order valence-corrected chi connectivity index (χ1v) is 8.42. The number of nitrogens with zero attached hydrogens (tertiary/aromatic N) is 1. The maximum atomic E-state index is 13.9. The summed E-state index contributed by atoms with van der Waals surface area (Å²) in [5, 5.41) is 3.28. The van der Waals surface area contributed by atoms with Crippen LogP contribution in [0.5, 0.6) is 5.75 Å². The van der Waals surface area contributed by atoms with Crippen LogP contribution in [0.2, 0.25) is 5.02 Å². The Bertz CT molecular complexity index is 998. The van der Waals surface area contributed by atoms with Crippen molar-refractivity contribution in [2.45, 2.75) is 11.8 Å². The first-order valence-electron chi connectivity index (χ1n) is 8.04. The predicted molar refractivity (Wildman–Crippen MR) is 96.7 cm³/mol. The molecule has 7 nitrogen and oxygen atoms in total. The number of hydrogen-bond acceptors (Lipinski definition) is 4. The van der Waals surface area contributed by atoms with Crippen LogP contribution in [0.25, 0.3) is 0 Å². The van der Waals surface area contributed by atoms with Gasteiger partial charge in [0, 0.05) is 16.7 Å². The molecule has 0 spiro atoms. The fraction of sp³-hybridized carbons (Fsp3) is 0.167. The van der Waals surface area contributed by atoms with Crippen molar-refractivity contribution < 1.29 is 32.3 Å². The third-order valence-electron chi connectivity index (χ3n) is 4.15. The van der Waals surface area contributed by atoms with Gasteiger partial charge in [-0.05, 0) is 30.3 Å². The van der Waals surface area contributed by atoms with Crippen LogP contribution < -0.4 is 20.3 Å².